The number of nitrogens with zero attached hydrogens (tertiary/aromatic N) is 2. The highest BCUT2D eigenvalue weighted by molar-refractivity contribution is 6.29. The van der Waals surface area contributed by atoms with Gasteiger partial charge in [-0.1, -0.05) is 24.3 Å². The van der Waals surface area contributed by atoms with Gasteiger partial charge in [0.25, 0.3) is 5.69 Å². The molecule has 20 heavy (non-hydrogen) atoms. The number of carbonyl (C=O) groups excluding carboxylic acids is 1. The summed E-state index contributed by atoms with van der Waals surface area (Å²) in [6.07, 6.45) is 4.12. The minimum atomic E-state index is -0.505. The van der Waals surface area contributed by atoms with Crippen molar-refractivity contribution in [3.05, 3.63) is 75.6 Å². The van der Waals surface area contributed by atoms with Crippen LogP contribution in [0.25, 0.3) is 5.57 Å². The van der Waals surface area contributed by atoms with Crippen LogP contribution in [0, 0.1) is 10.1 Å². The first-order valence-corrected chi connectivity index (χ1v) is 6.10. The van der Waals surface area contributed by atoms with E-state index in [0.29, 0.717) is 17.6 Å². The second-order valence-corrected chi connectivity index (χ2v) is 4.46. The molecule has 0 bridgehead atoms. The van der Waals surface area contributed by atoms with Crippen molar-refractivity contribution < 1.29 is 9.72 Å². The second kappa shape index (κ2) is 4.70. The molecule has 1 aromatic carbocycles. The number of ketones is 1. The molecule has 0 aliphatic heterocycles. The molecule has 1 aromatic heterocycles. The van der Waals surface area contributed by atoms with E-state index >= 15 is 0 Å². The highest BCUT2D eigenvalue weighted by atomic mass is 16.6. The molecule has 5 nitrogen and oxygen atoms in total. The largest absolute Gasteiger partial charge is 0.289 e. The Morgan fingerprint density at radius 1 is 1.25 bits per heavy atom. The minimum absolute atomic E-state index is 0.0825. The van der Waals surface area contributed by atoms with Crippen molar-refractivity contribution in [3.63, 3.8) is 0 Å². The zero-order valence-corrected chi connectivity index (χ0v) is 10.4. The van der Waals surface area contributed by atoms with Crippen molar-refractivity contribution in [2.75, 3.05) is 0 Å². The van der Waals surface area contributed by atoms with E-state index < -0.39 is 4.92 Å². The number of Topliss-reactive ketones (excluding diaryl/α,β-unsaturated/α-hetero) is 1. The summed E-state index contributed by atoms with van der Waals surface area (Å²) < 4.78 is 0. The standard InChI is InChI=1S/C15H10N2O3/c18-15(10-3-1-4-11(9-10)17(19)20)13-6-7-14-12(13)5-2-8-16-14/h1-6,8-9H,7H2. The van der Waals surface area contributed by atoms with Crippen LogP contribution in [-0.2, 0) is 6.42 Å². The van der Waals surface area contributed by atoms with Crippen LogP contribution in [0.4, 0.5) is 5.69 Å². The number of pyridine rings is 1. The Morgan fingerprint density at radius 2 is 2.10 bits per heavy atom. The van der Waals surface area contributed by atoms with Crippen LogP contribution in [0.1, 0.15) is 21.6 Å². The summed E-state index contributed by atoms with van der Waals surface area (Å²) in [4.78, 5) is 26.9. The highest BCUT2D eigenvalue weighted by Gasteiger charge is 2.22. The summed E-state index contributed by atoms with van der Waals surface area (Å²) in [7, 11) is 0. The molecule has 3 rings (SSSR count). The van der Waals surface area contributed by atoms with Gasteiger partial charge in [0.1, 0.15) is 0 Å². The van der Waals surface area contributed by atoms with Gasteiger partial charge in [0.2, 0.25) is 0 Å². The van der Waals surface area contributed by atoms with Crippen LogP contribution in [0.2, 0.25) is 0 Å². The molecule has 1 heterocycles. The van der Waals surface area contributed by atoms with Crippen LogP contribution < -0.4 is 0 Å². The lowest BCUT2D eigenvalue weighted by Gasteiger charge is -2.04. The van der Waals surface area contributed by atoms with Gasteiger partial charge in [-0.25, -0.2) is 0 Å². The molecule has 0 N–H and O–H groups in total. The lowest BCUT2D eigenvalue weighted by molar-refractivity contribution is -0.384. The van der Waals surface area contributed by atoms with E-state index in [2.05, 4.69) is 4.98 Å². The topological polar surface area (TPSA) is 73.1 Å². The summed E-state index contributed by atoms with van der Waals surface area (Å²) in [5, 5.41) is 10.8. The molecule has 0 amide bonds. The van der Waals surface area contributed by atoms with E-state index in [1.165, 1.54) is 18.2 Å². The maximum Gasteiger partial charge on any atom is 0.270 e. The SMILES string of the molecule is O=C(C1=CCc2ncccc21)c1cccc([N+](=O)[O-])c1. The summed E-state index contributed by atoms with van der Waals surface area (Å²) in [6.45, 7) is 0. The molecule has 1 aliphatic carbocycles. The molecular weight excluding hydrogens is 256 g/mol. The average Bonchev–Trinajstić information content (AvgIpc) is 2.90. The van der Waals surface area contributed by atoms with Crippen molar-refractivity contribution in [1.82, 2.24) is 4.98 Å². The Bertz CT molecular complexity index is 750. The monoisotopic (exact) mass is 266 g/mol. The fraction of sp³-hybridized carbons (Fsp3) is 0.0667. The minimum Gasteiger partial charge on any atom is -0.289 e. The number of nitro benzene ring substituents is 1. The molecule has 5 heteroatoms. The molecule has 0 radical (unpaired) electrons. The average molecular weight is 266 g/mol. The van der Waals surface area contributed by atoms with E-state index in [1.54, 1.807) is 18.3 Å². The number of hydrogen-bond acceptors (Lipinski definition) is 4. The van der Waals surface area contributed by atoms with E-state index in [4.69, 9.17) is 0 Å². The van der Waals surface area contributed by atoms with Gasteiger partial charge in [-0.15, -0.1) is 0 Å². The van der Waals surface area contributed by atoms with Crippen LogP contribution in [0.5, 0.6) is 0 Å². The number of rotatable bonds is 3. The fourth-order valence-electron chi connectivity index (χ4n) is 2.29. The Hall–Kier alpha value is -2.82. The first-order chi connectivity index (χ1) is 9.66. The third kappa shape index (κ3) is 1.99. The maximum absolute atomic E-state index is 12.5. The van der Waals surface area contributed by atoms with Gasteiger partial charge in [0, 0.05) is 41.5 Å². The van der Waals surface area contributed by atoms with Crippen LogP contribution in [0.15, 0.2) is 48.7 Å². The number of nitro groups is 1. The van der Waals surface area contributed by atoms with Gasteiger partial charge >= 0.3 is 0 Å². The van der Waals surface area contributed by atoms with Crippen LogP contribution in [0.3, 0.4) is 0 Å². The lowest BCUT2D eigenvalue weighted by atomic mass is 9.99. The number of carbonyl (C=O) groups is 1. The summed E-state index contributed by atoms with van der Waals surface area (Å²) in [6, 6.07) is 9.40. The number of benzene rings is 1. The quantitative estimate of drug-likeness (QED) is 0.486. The van der Waals surface area contributed by atoms with E-state index in [-0.39, 0.29) is 11.5 Å². The molecule has 0 saturated heterocycles. The molecule has 0 fully saturated rings. The van der Waals surface area contributed by atoms with Crippen molar-refractivity contribution in [2.45, 2.75) is 6.42 Å². The number of hydrogen-bond donors (Lipinski definition) is 0. The first-order valence-electron chi connectivity index (χ1n) is 6.10. The Morgan fingerprint density at radius 3 is 2.90 bits per heavy atom. The highest BCUT2D eigenvalue weighted by Crippen LogP contribution is 2.29. The third-order valence-corrected chi connectivity index (χ3v) is 3.24. The predicted octanol–water partition coefficient (Wildman–Crippen LogP) is 2.81. The first kappa shape index (κ1) is 12.2. The molecule has 2 aromatic rings. The number of non-ortho nitro benzene ring substituents is 1. The summed E-state index contributed by atoms with van der Waals surface area (Å²) in [5.74, 6) is -0.208. The number of fused-ring (bicyclic) bond motifs is 1. The van der Waals surface area contributed by atoms with Crippen molar-refractivity contribution in [2.24, 2.45) is 0 Å². The van der Waals surface area contributed by atoms with Gasteiger partial charge in [-0.2, -0.15) is 0 Å². The molecule has 0 saturated carbocycles. The molecule has 0 unspecified atom stereocenters. The van der Waals surface area contributed by atoms with Gasteiger partial charge < -0.3 is 0 Å². The van der Waals surface area contributed by atoms with Gasteiger partial charge in [-0.3, -0.25) is 19.9 Å². The number of aromatic nitrogens is 1. The van der Waals surface area contributed by atoms with E-state index in [1.807, 2.05) is 12.1 Å². The second-order valence-electron chi connectivity index (χ2n) is 4.46. The Balaban J connectivity index is 1.99. The summed E-state index contributed by atoms with van der Waals surface area (Å²) in [5.41, 5.74) is 2.47. The van der Waals surface area contributed by atoms with Crippen LogP contribution in [-0.4, -0.2) is 15.7 Å². The van der Waals surface area contributed by atoms with Crippen LogP contribution >= 0.6 is 0 Å². The fourth-order valence-corrected chi connectivity index (χ4v) is 2.29. The third-order valence-electron chi connectivity index (χ3n) is 3.24. The van der Waals surface area contributed by atoms with Gasteiger partial charge in [0.15, 0.2) is 5.78 Å². The zero-order chi connectivity index (χ0) is 14.1. The van der Waals surface area contributed by atoms with Crippen molar-refractivity contribution >= 4 is 17.0 Å². The van der Waals surface area contributed by atoms with Crippen molar-refractivity contribution in [1.29, 1.82) is 0 Å². The van der Waals surface area contributed by atoms with Gasteiger partial charge in [-0.05, 0) is 6.07 Å². The maximum atomic E-state index is 12.5. The molecule has 0 atom stereocenters. The molecule has 0 spiro atoms. The Kier molecular flexibility index (Phi) is 2.87. The Labute approximate surface area is 114 Å². The predicted molar refractivity (Wildman–Crippen MR) is 73.3 cm³/mol. The van der Waals surface area contributed by atoms with E-state index in [0.717, 1.165) is 11.3 Å². The molecular formula is C15H10N2O3. The lowest BCUT2D eigenvalue weighted by Crippen LogP contribution is -2.02. The number of allylic oxidation sites excluding steroid dienone is 2. The zero-order valence-electron chi connectivity index (χ0n) is 10.4. The summed E-state index contributed by atoms with van der Waals surface area (Å²) >= 11 is 0. The molecule has 1 aliphatic rings. The van der Waals surface area contributed by atoms with Crippen molar-refractivity contribution in [3.8, 4) is 0 Å². The smallest absolute Gasteiger partial charge is 0.270 e. The van der Waals surface area contributed by atoms with E-state index in [9.17, 15) is 14.9 Å². The normalized spacial score (nSPS) is 12.7. The molecule has 98 valence electrons. The van der Waals surface area contributed by atoms with Gasteiger partial charge in [0.05, 0.1) is 10.6 Å².